The second kappa shape index (κ2) is 7.98. The molecule has 0 radical (unpaired) electrons. The molecule has 0 aliphatic carbocycles. The molecular weight excluding hydrogens is 264 g/mol. The Labute approximate surface area is 125 Å². The monoisotopic (exact) mass is 282 g/mol. The molecule has 0 amide bonds. The summed E-state index contributed by atoms with van der Waals surface area (Å²) in [6.45, 7) is 0.578. The second-order valence-corrected chi connectivity index (χ2v) is 4.44. The van der Waals surface area contributed by atoms with E-state index in [2.05, 4.69) is 11.8 Å². The molecule has 21 heavy (non-hydrogen) atoms. The number of hydrogen-bond acceptors (Lipinski definition) is 3. The lowest BCUT2D eigenvalue weighted by atomic mass is 10.1. The number of rotatable bonds is 5. The summed E-state index contributed by atoms with van der Waals surface area (Å²) in [5.74, 6) is 7.53. The van der Waals surface area contributed by atoms with Crippen LogP contribution in [0.3, 0.4) is 0 Å². The molecular formula is C18H18O3. The first-order valence-corrected chi connectivity index (χ1v) is 6.77. The standard InChI is InChI=1S/C18H18O3/c1-20-17-8-10-18(11-9-17)21-14-16-7-4-6-15(13-16)5-2-3-12-19/h4,6-11,13,19H,3,12,14H2,1H3. The average Bonchev–Trinajstić information content (AvgIpc) is 2.54. The van der Waals surface area contributed by atoms with Crippen LogP contribution < -0.4 is 9.47 Å². The summed E-state index contributed by atoms with van der Waals surface area (Å²) in [7, 11) is 1.64. The number of hydrogen-bond donors (Lipinski definition) is 1. The van der Waals surface area contributed by atoms with Gasteiger partial charge >= 0.3 is 0 Å². The minimum absolute atomic E-state index is 0.0905. The molecule has 0 saturated heterocycles. The Morgan fingerprint density at radius 2 is 1.81 bits per heavy atom. The third-order valence-corrected chi connectivity index (χ3v) is 2.86. The van der Waals surface area contributed by atoms with Crippen LogP contribution in [0.1, 0.15) is 17.5 Å². The van der Waals surface area contributed by atoms with Gasteiger partial charge in [0.2, 0.25) is 0 Å². The zero-order valence-electron chi connectivity index (χ0n) is 12.0. The van der Waals surface area contributed by atoms with Crippen LogP contribution in [0.4, 0.5) is 0 Å². The lowest BCUT2D eigenvalue weighted by Gasteiger charge is -2.07. The fraction of sp³-hybridized carbons (Fsp3) is 0.222. The maximum absolute atomic E-state index is 8.72. The van der Waals surface area contributed by atoms with E-state index in [1.54, 1.807) is 7.11 Å². The summed E-state index contributed by atoms with van der Waals surface area (Å²) in [4.78, 5) is 0. The van der Waals surface area contributed by atoms with Crippen molar-refractivity contribution in [3.63, 3.8) is 0 Å². The fourth-order valence-corrected chi connectivity index (χ4v) is 1.80. The quantitative estimate of drug-likeness (QED) is 0.857. The first-order chi connectivity index (χ1) is 10.3. The number of methoxy groups -OCH3 is 1. The van der Waals surface area contributed by atoms with E-state index in [1.165, 1.54) is 0 Å². The van der Waals surface area contributed by atoms with Gasteiger partial charge in [-0.25, -0.2) is 0 Å². The van der Waals surface area contributed by atoms with Crippen LogP contribution >= 0.6 is 0 Å². The highest BCUT2D eigenvalue weighted by atomic mass is 16.5. The van der Waals surface area contributed by atoms with Crippen molar-refractivity contribution >= 4 is 0 Å². The van der Waals surface area contributed by atoms with Crippen LogP contribution in [0.15, 0.2) is 48.5 Å². The van der Waals surface area contributed by atoms with Crippen molar-refractivity contribution in [3.05, 3.63) is 59.7 Å². The Morgan fingerprint density at radius 1 is 1.05 bits per heavy atom. The number of benzene rings is 2. The van der Waals surface area contributed by atoms with Crippen LogP contribution in [0.2, 0.25) is 0 Å². The fourth-order valence-electron chi connectivity index (χ4n) is 1.80. The van der Waals surface area contributed by atoms with Crippen molar-refractivity contribution in [2.24, 2.45) is 0 Å². The highest BCUT2D eigenvalue weighted by Crippen LogP contribution is 2.18. The zero-order chi connectivity index (χ0) is 14.9. The zero-order valence-corrected chi connectivity index (χ0v) is 12.0. The van der Waals surface area contributed by atoms with Gasteiger partial charge in [0.1, 0.15) is 18.1 Å². The summed E-state index contributed by atoms with van der Waals surface area (Å²) in [6, 6.07) is 15.4. The Hall–Kier alpha value is -2.44. The molecule has 0 aromatic heterocycles. The number of aliphatic hydroxyl groups excluding tert-OH is 1. The molecule has 0 heterocycles. The van der Waals surface area contributed by atoms with Crippen molar-refractivity contribution in [1.29, 1.82) is 0 Å². The summed E-state index contributed by atoms with van der Waals surface area (Å²) in [5, 5.41) is 8.72. The van der Waals surface area contributed by atoms with Gasteiger partial charge < -0.3 is 14.6 Å². The first-order valence-electron chi connectivity index (χ1n) is 6.77. The van der Waals surface area contributed by atoms with Crippen LogP contribution in [0.5, 0.6) is 11.5 Å². The minimum atomic E-state index is 0.0905. The van der Waals surface area contributed by atoms with E-state index >= 15 is 0 Å². The summed E-state index contributed by atoms with van der Waals surface area (Å²) >= 11 is 0. The maximum atomic E-state index is 8.72. The Morgan fingerprint density at radius 3 is 2.52 bits per heavy atom. The third-order valence-electron chi connectivity index (χ3n) is 2.86. The molecule has 1 N–H and O–H groups in total. The maximum Gasteiger partial charge on any atom is 0.120 e. The van der Waals surface area contributed by atoms with Gasteiger partial charge in [-0.05, 0) is 42.0 Å². The number of ether oxygens (including phenoxy) is 2. The van der Waals surface area contributed by atoms with E-state index in [9.17, 15) is 0 Å². The Bertz CT molecular complexity index is 621. The molecule has 0 aliphatic heterocycles. The highest BCUT2D eigenvalue weighted by molar-refractivity contribution is 5.37. The molecule has 0 saturated carbocycles. The molecule has 0 spiro atoms. The topological polar surface area (TPSA) is 38.7 Å². The normalized spacial score (nSPS) is 9.62. The summed E-state index contributed by atoms with van der Waals surface area (Å²) < 4.78 is 10.8. The van der Waals surface area contributed by atoms with Gasteiger partial charge in [-0.15, -0.1) is 0 Å². The van der Waals surface area contributed by atoms with Gasteiger partial charge in [-0.1, -0.05) is 24.0 Å². The van der Waals surface area contributed by atoms with Gasteiger partial charge in [0.25, 0.3) is 0 Å². The molecule has 2 aromatic carbocycles. The van der Waals surface area contributed by atoms with Crippen molar-refractivity contribution in [3.8, 4) is 23.3 Å². The van der Waals surface area contributed by atoms with Crippen molar-refractivity contribution in [1.82, 2.24) is 0 Å². The third kappa shape index (κ3) is 4.87. The molecule has 3 heteroatoms. The Kier molecular flexibility index (Phi) is 5.69. The molecule has 0 atom stereocenters. The molecule has 0 bridgehead atoms. The predicted molar refractivity (Wildman–Crippen MR) is 82.3 cm³/mol. The van der Waals surface area contributed by atoms with E-state index in [0.29, 0.717) is 13.0 Å². The molecule has 2 aromatic rings. The largest absolute Gasteiger partial charge is 0.497 e. The number of aliphatic hydroxyl groups is 1. The van der Waals surface area contributed by atoms with E-state index in [1.807, 2.05) is 48.5 Å². The molecule has 3 nitrogen and oxygen atoms in total. The molecule has 0 unspecified atom stereocenters. The lowest BCUT2D eigenvalue weighted by molar-refractivity contribution is 0.305. The molecule has 108 valence electrons. The van der Waals surface area contributed by atoms with Gasteiger partial charge in [0.15, 0.2) is 0 Å². The van der Waals surface area contributed by atoms with Gasteiger partial charge in [-0.2, -0.15) is 0 Å². The van der Waals surface area contributed by atoms with Gasteiger partial charge in [-0.3, -0.25) is 0 Å². The van der Waals surface area contributed by atoms with Crippen LogP contribution in [-0.2, 0) is 6.61 Å². The Balaban J connectivity index is 1.96. The van der Waals surface area contributed by atoms with Crippen molar-refractivity contribution in [2.45, 2.75) is 13.0 Å². The summed E-state index contributed by atoms with van der Waals surface area (Å²) in [6.07, 6.45) is 0.493. The SMILES string of the molecule is COc1ccc(OCc2cccc(C#CCCO)c2)cc1. The minimum Gasteiger partial charge on any atom is -0.497 e. The smallest absolute Gasteiger partial charge is 0.120 e. The summed E-state index contributed by atoms with van der Waals surface area (Å²) in [5.41, 5.74) is 1.99. The highest BCUT2D eigenvalue weighted by Gasteiger charge is 1.98. The van der Waals surface area contributed by atoms with Crippen molar-refractivity contribution < 1.29 is 14.6 Å². The van der Waals surface area contributed by atoms with E-state index in [0.717, 1.165) is 22.6 Å². The van der Waals surface area contributed by atoms with Gasteiger partial charge in [0.05, 0.1) is 13.7 Å². The lowest BCUT2D eigenvalue weighted by Crippen LogP contribution is -1.95. The second-order valence-electron chi connectivity index (χ2n) is 4.44. The molecule has 2 rings (SSSR count). The first kappa shape index (κ1) is 15.0. The average molecular weight is 282 g/mol. The van der Waals surface area contributed by atoms with Crippen LogP contribution in [-0.4, -0.2) is 18.8 Å². The van der Waals surface area contributed by atoms with Crippen LogP contribution in [0, 0.1) is 11.8 Å². The van der Waals surface area contributed by atoms with E-state index in [-0.39, 0.29) is 6.61 Å². The van der Waals surface area contributed by atoms with E-state index in [4.69, 9.17) is 14.6 Å². The predicted octanol–water partition coefficient (Wildman–Crippen LogP) is 3.01. The molecule has 0 fully saturated rings. The van der Waals surface area contributed by atoms with Crippen LogP contribution in [0.25, 0.3) is 0 Å². The molecule has 0 aliphatic rings. The van der Waals surface area contributed by atoms with Crippen molar-refractivity contribution in [2.75, 3.05) is 13.7 Å². The van der Waals surface area contributed by atoms with Gasteiger partial charge in [0, 0.05) is 12.0 Å². The van der Waals surface area contributed by atoms with E-state index < -0.39 is 0 Å².